The van der Waals surface area contributed by atoms with Gasteiger partial charge in [0, 0.05) is 10.6 Å². The highest BCUT2D eigenvalue weighted by Gasteiger charge is 2.05. The SMILES string of the molecule is COc1ccc(OCc2ccc(C=NNC(=O)c3ccc(Cl)cc3)o2)cc1. The summed E-state index contributed by atoms with van der Waals surface area (Å²) < 4.78 is 16.3. The number of benzene rings is 2. The lowest BCUT2D eigenvalue weighted by Gasteiger charge is -2.05. The van der Waals surface area contributed by atoms with Crippen LogP contribution in [0.3, 0.4) is 0 Å². The molecule has 0 saturated heterocycles. The second-order valence-corrected chi connectivity index (χ2v) is 5.91. The summed E-state index contributed by atoms with van der Waals surface area (Å²) in [6.07, 6.45) is 1.42. The van der Waals surface area contributed by atoms with Gasteiger partial charge in [-0.15, -0.1) is 0 Å². The van der Waals surface area contributed by atoms with Crippen LogP contribution in [-0.4, -0.2) is 19.2 Å². The zero-order chi connectivity index (χ0) is 19.1. The molecule has 0 atom stereocenters. The molecule has 1 amide bonds. The lowest BCUT2D eigenvalue weighted by Crippen LogP contribution is -2.17. The predicted octanol–water partition coefficient (Wildman–Crippen LogP) is 4.28. The first kappa shape index (κ1) is 18.5. The van der Waals surface area contributed by atoms with Crippen LogP contribution in [0.1, 0.15) is 21.9 Å². The fraction of sp³-hybridized carbons (Fsp3) is 0.100. The lowest BCUT2D eigenvalue weighted by atomic mass is 10.2. The van der Waals surface area contributed by atoms with Crippen molar-refractivity contribution in [1.82, 2.24) is 5.43 Å². The molecule has 0 saturated carbocycles. The number of nitrogens with one attached hydrogen (secondary N) is 1. The van der Waals surface area contributed by atoms with Crippen molar-refractivity contribution in [3.63, 3.8) is 0 Å². The molecule has 0 aliphatic carbocycles. The summed E-state index contributed by atoms with van der Waals surface area (Å²) in [6, 6.07) is 17.3. The Balaban J connectivity index is 1.50. The summed E-state index contributed by atoms with van der Waals surface area (Å²) in [5.41, 5.74) is 2.89. The minimum atomic E-state index is -0.336. The molecule has 27 heavy (non-hydrogen) atoms. The van der Waals surface area contributed by atoms with Crippen LogP contribution in [0.4, 0.5) is 0 Å². The number of carbonyl (C=O) groups is 1. The largest absolute Gasteiger partial charge is 0.497 e. The first-order valence-electron chi connectivity index (χ1n) is 8.08. The van der Waals surface area contributed by atoms with E-state index in [-0.39, 0.29) is 12.5 Å². The minimum Gasteiger partial charge on any atom is -0.497 e. The van der Waals surface area contributed by atoms with Gasteiger partial charge in [0.25, 0.3) is 5.91 Å². The monoisotopic (exact) mass is 384 g/mol. The number of amides is 1. The number of ether oxygens (including phenoxy) is 2. The molecule has 1 N–H and O–H groups in total. The van der Waals surface area contributed by atoms with Gasteiger partial charge >= 0.3 is 0 Å². The smallest absolute Gasteiger partial charge is 0.271 e. The van der Waals surface area contributed by atoms with E-state index >= 15 is 0 Å². The van der Waals surface area contributed by atoms with Crippen molar-refractivity contribution in [2.75, 3.05) is 7.11 Å². The van der Waals surface area contributed by atoms with Crippen LogP contribution in [0.15, 0.2) is 70.2 Å². The van der Waals surface area contributed by atoms with Crippen LogP contribution in [-0.2, 0) is 6.61 Å². The van der Waals surface area contributed by atoms with Crippen LogP contribution in [0.2, 0.25) is 5.02 Å². The summed E-state index contributed by atoms with van der Waals surface area (Å²) in [4.78, 5) is 11.9. The average Bonchev–Trinajstić information content (AvgIpc) is 3.15. The predicted molar refractivity (Wildman–Crippen MR) is 103 cm³/mol. The molecule has 0 spiro atoms. The third-order valence-electron chi connectivity index (χ3n) is 3.59. The average molecular weight is 385 g/mol. The Morgan fingerprint density at radius 1 is 1.07 bits per heavy atom. The lowest BCUT2D eigenvalue weighted by molar-refractivity contribution is 0.0955. The molecule has 0 aliphatic heterocycles. The standard InChI is InChI=1S/C20H17ClN2O4/c1-25-16-6-8-17(9-7-16)26-13-19-11-10-18(27-19)12-22-23-20(24)14-2-4-15(21)5-3-14/h2-12H,13H2,1H3,(H,23,24). The van der Waals surface area contributed by atoms with Gasteiger partial charge in [-0.2, -0.15) is 5.10 Å². The Kier molecular flexibility index (Phi) is 6.12. The summed E-state index contributed by atoms with van der Waals surface area (Å²) in [6.45, 7) is 0.275. The third kappa shape index (κ3) is 5.36. The van der Waals surface area contributed by atoms with E-state index in [2.05, 4.69) is 10.5 Å². The second-order valence-electron chi connectivity index (χ2n) is 5.47. The van der Waals surface area contributed by atoms with Gasteiger partial charge in [-0.1, -0.05) is 11.6 Å². The normalized spacial score (nSPS) is 10.7. The van der Waals surface area contributed by atoms with Gasteiger partial charge in [0.15, 0.2) is 0 Å². The topological polar surface area (TPSA) is 73.1 Å². The van der Waals surface area contributed by atoms with Crippen molar-refractivity contribution in [3.05, 3.63) is 82.8 Å². The van der Waals surface area contributed by atoms with Crippen molar-refractivity contribution in [3.8, 4) is 11.5 Å². The van der Waals surface area contributed by atoms with Crippen molar-refractivity contribution in [1.29, 1.82) is 0 Å². The zero-order valence-electron chi connectivity index (χ0n) is 14.5. The van der Waals surface area contributed by atoms with Gasteiger partial charge in [0.1, 0.15) is 29.6 Å². The number of furan rings is 1. The molecular formula is C20H17ClN2O4. The quantitative estimate of drug-likeness (QED) is 0.487. The zero-order valence-corrected chi connectivity index (χ0v) is 15.3. The summed E-state index contributed by atoms with van der Waals surface area (Å²) in [5, 5.41) is 4.45. The van der Waals surface area contributed by atoms with Crippen LogP contribution in [0.25, 0.3) is 0 Å². The molecule has 2 aromatic carbocycles. The number of rotatable bonds is 7. The van der Waals surface area contributed by atoms with Crippen molar-refractivity contribution in [2.24, 2.45) is 5.10 Å². The van der Waals surface area contributed by atoms with Crippen molar-refractivity contribution in [2.45, 2.75) is 6.61 Å². The van der Waals surface area contributed by atoms with Crippen molar-refractivity contribution >= 4 is 23.7 Å². The first-order valence-corrected chi connectivity index (χ1v) is 8.46. The summed E-state index contributed by atoms with van der Waals surface area (Å²) in [7, 11) is 1.61. The maximum Gasteiger partial charge on any atom is 0.271 e. The molecule has 0 bridgehead atoms. The van der Waals surface area contributed by atoms with Gasteiger partial charge in [0.2, 0.25) is 0 Å². The molecule has 3 rings (SSSR count). The number of carbonyl (C=O) groups excluding carboxylic acids is 1. The van der Waals surface area contributed by atoms with E-state index in [4.69, 9.17) is 25.5 Å². The van der Waals surface area contributed by atoms with Crippen LogP contribution < -0.4 is 14.9 Å². The van der Waals surface area contributed by atoms with E-state index in [0.29, 0.717) is 27.9 Å². The molecule has 0 fully saturated rings. The highest BCUT2D eigenvalue weighted by Crippen LogP contribution is 2.18. The Hall–Kier alpha value is -3.25. The van der Waals surface area contributed by atoms with Crippen molar-refractivity contribution < 1.29 is 18.7 Å². The van der Waals surface area contributed by atoms with E-state index in [1.165, 1.54) is 6.21 Å². The van der Waals surface area contributed by atoms with E-state index in [1.807, 2.05) is 24.3 Å². The molecule has 0 aliphatic rings. The van der Waals surface area contributed by atoms with E-state index in [1.54, 1.807) is 43.5 Å². The van der Waals surface area contributed by atoms with Gasteiger partial charge in [-0.05, 0) is 60.7 Å². The first-order chi connectivity index (χ1) is 13.1. The number of hydrazone groups is 1. The Morgan fingerprint density at radius 2 is 1.78 bits per heavy atom. The molecule has 0 radical (unpaired) electrons. The fourth-order valence-corrected chi connectivity index (χ4v) is 2.31. The molecule has 7 heteroatoms. The second kappa shape index (κ2) is 8.91. The molecule has 1 aromatic heterocycles. The van der Waals surface area contributed by atoms with E-state index in [0.717, 1.165) is 5.75 Å². The van der Waals surface area contributed by atoms with Gasteiger partial charge in [-0.3, -0.25) is 4.79 Å². The molecule has 6 nitrogen and oxygen atoms in total. The highest BCUT2D eigenvalue weighted by atomic mass is 35.5. The maximum atomic E-state index is 11.9. The van der Waals surface area contributed by atoms with E-state index in [9.17, 15) is 4.79 Å². The van der Waals surface area contributed by atoms with E-state index < -0.39 is 0 Å². The van der Waals surface area contributed by atoms with Crippen LogP contribution >= 0.6 is 11.6 Å². The Morgan fingerprint density at radius 3 is 2.48 bits per heavy atom. The summed E-state index contributed by atoms with van der Waals surface area (Å²) >= 11 is 5.79. The third-order valence-corrected chi connectivity index (χ3v) is 3.84. The molecule has 0 unspecified atom stereocenters. The molecule has 1 heterocycles. The number of halogens is 1. The molecular weight excluding hydrogens is 368 g/mol. The number of methoxy groups -OCH3 is 1. The van der Waals surface area contributed by atoms with Crippen LogP contribution in [0.5, 0.6) is 11.5 Å². The molecule has 138 valence electrons. The molecule has 3 aromatic rings. The van der Waals surface area contributed by atoms with Crippen LogP contribution in [0, 0.1) is 0 Å². The fourth-order valence-electron chi connectivity index (χ4n) is 2.19. The Bertz CT molecular complexity index is 918. The summed E-state index contributed by atoms with van der Waals surface area (Å²) in [5.74, 6) is 2.27. The minimum absolute atomic E-state index is 0.275. The number of hydrogen-bond acceptors (Lipinski definition) is 5. The number of nitrogens with zero attached hydrogens (tertiary/aromatic N) is 1. The van der Waals surface area contributed by atoms with Gasteiger partial charge in [-0.25, -0.2) is 5.43 Å². The van der Waals surface area contributed by atoms with Gasteiger partial charge in [0.05, 0.1) is 13.3 Å². The number of hydrogen-bond donors (Lipinski definition) is 1. The maximum absolute atomic E-state index is 11.9. The highest BCUT2D eigenvalue weighted by molar-refractivity contribution is 6.30. The van der Waals surface area contributed by atoms with Gasteiger partial charge < -0.3 is 13.9 Å². The Labute approximate surface area is 161 Å².